The lowest BCUT2D eigenvalue weighted by Gasteiger charge is -2.41. The zero-order chi connectivity index (χ0) is 10.3. The number of furan rings is 1. The molecule has 1 aromatic heterocycles. The number of hydrogen-bond donors (Lipinski definition) is 0. The summed E-state index contributed by atoms with van der Waals surface area (Å²) < 4.78 is 5.22. The molecule has 15 heavy (non-hydrogen) atoms. The normalized spacial score (nSPS) is 36.7. The average molecular weight is 205 g/mol. The van der Waals surface area contributed by atoms with Gasteiger partial charge in [-0.1, -0.05) is 6.92 Å². The van der Waals surface area contributed by atoms with Gasteiger partial charge in [0.05, 0.1) is 12.5 Å². The van der Waals surface area contributed by atoms with Gasteiger partial charge in [-0.05, 0) is 44.2 Å². The van der Waals surface area contributed by atoms with E-state index in [0.717, 1.165) is 12.0 Å². The van der Waals surface area contributed by atoms with Gasteiger partial charge in [-0.3, -0.25) is 4.90 Å². The van der Waals surface area contributed by atoms with Crippen molar-refractivity contribution < 1.29 is 4.42 Å². The molecule has 2 aliphatic rings. The lowest BCUT2D eigenvalue weighted by Crippen LogP contribution is -2.41. The van der Waals surface area contributed by atoms with Crippen molar-refractivity contribution in [3.8, 4) is 0 Å². The van der Waals surface area contributed by atoms with Crippen LogP contribution in [0.4, 0.5) is 0 Å². The monoisotopic (exact) mass is 205 g/mol. The lowest BCUT2D eigenvalue weighted by atomic mass is 9.85. The van der Waals surface area contributed by atoms with Crippen molar-refractivity contribution in [1.82, 2.24) is 4.90 Å². The quantitative estimate of drug-likeness (QED) is 0.700. The highest BCUT2D eigenvalue weighted by Crippen LogP contribution is 2.41. The van der Waals surface area contributed by atoms with Gasteiger partial charge >= 0.3 is 0 Å². The minimum Gasteiger partial charge on any atom is -0.472 e. The van der Waals surface area contributed by atoms with E-state index in [9.17, 15) is 0 Å². The Hall–Kier alpha value is -0.760. The Balaban J connectivity index is 1.85. The minimum atomic E-state index is 0.632. The number of rotatable bonds is 1. The zero-order valence-electron chi connectivity index (χ0n) is 9.36. The number of fused-ring (bicyclic) bond motifs is 1. The number of nitrogens with zero attached hydrogens (tertiary/aromatic N) is 1. The van der Waals surface area contributed by atoms with Gasteiger partial charge in [0.1, 0.15) is 0 Å². The predicted octanol–water partition coefficient (Wildman–Crippen LogP) is 3.22. The van der Waals surface area contributed by atoms with Crippen LogP contribution in [0.1, 0.15) is 44.2 Å². The molecule has 0 radical (unpaired) electrons. The maximum Gasteiger partial charge on any atom is 0.0950 e. The van der Waals surface area contributed by atoms with E-state index >= 15 is 0 Å². The maximum absolute atomic E-state index is 5.22. The minimum absolute atomic E-state index is 0.632. The second-order valence-corrected chi connectivity index (χ2v) is 5.07. The zero-order valence-corrected chi connectivity index (χ0v) is 9.36. The Bertz CT molecular complexity index is 319. The van der Waals surface area contributed by atoms with Crippen LogP contribution in [-0.4, -0.2) is 17.5 Å². The van der Waals surface area contributed by atoms with Crippen LogP contribution in [0.25, 0.3) is 0 Å². The van der Waals surface area contributed by atoms with E-state index in [1.807, 2.05) is 6.26 Å². The first kappa shape index (κ1) is 9.46. The molecule has 3 rings (SSSR count). The highest BCUT2D eigenvalue weighted by atomic mass is 16.3. The molecule has 2 heteroatoms. The first-order valence-electron chi connectivity index (χ1n) is 6.14. The largest absolute Gasteiger partial charge is 0.472 e. The third-order valence-electron chi connectivity index (χ3n) is 4.22. The molecule has 0 N–H and O–H groups in total. The van der Waals surface area contributed by atoms with Gasteiger partial charge in [0.15, 0.2) is 0 Å². The molecule has 0 saturated carbocycles. The van der Waals surface area contributed by atoms with Crippen LogP contribution in [0, 0.1) is 5.92 Å². The molecule has 0 bridgehead atoms. The molecule has 0 amide bonds. The summed E-state index contributed by atoms with van der Waals surface area (Å²) in [4.78, 5) is 2.71. The van der Waals surface area contributed by atoms with Crippen LogP contribution in [0.2, 0.25) is 0 Å². The standard InChI is InChI=1S/C13H19NO/c1-10-4-5-13(11-6-8-15-9-11)14-7-2-3-12(10)14/h6,8-10,12-13H,2-5,7H2,1H3/t10-,12-,13-/m1/s1. The van der Waals surface area contributed by atoms with Crippen LogP contribution in [0.5, 0.6) is 0 Å². The van der Waals surface area contributed by atoms with Crippen molar-refractivity contribution >= 4 is 0 Å². The first-order chi connectivity index (χ1) is 7.36. The van der Waals surface area contributed by atoms with E-state index in [2.05, 4.69) is 17.9 Å². The SMILES string of the molecule is C[C@@H]1CC[C@H](c2ccoc2)N2CCC[C@H]12. The van der Waals surface area contributed by atoms with Gasteiger partial charge in [0.2, 0.25) is 0 Å². The summed E-state index contributed by atoms with van der Waals surface area (Å²) in [6.07, 6.45) is 9.18. The number of piperidine rings is 1. The fraction of sp³-hybridized carbons (Fsp3) is 0.692. The van der Waals surface area contributed by atoms with Crippen molar-refractivity contribution in [3.05, 3.63) is 24.2 Å². The Labute approximate surface area is 91.3 Å². The molecule has 2 saturated heterocycles. The molecular weight excluding hydrogens is 186 g/mol. The molecule has 0 spiro atoms. The van der Waals surface area contributed by atoms with Crippen LogP contribution in [-0.2, 0) is 0 Å². The maximum atomic E-state index is 5.22. The Kier molecular flexibility index (Phi) is 2.32. The van der Waals surface area contributed by atoms with Crippen LogP contribution >= 0.6 is 0 Å². The van der Waals surface area contributed by atoms with Crippen molar-refractivity contribution in [3.63, 3.8) is 0 Å². The Morgan fingerprint density at radius 1 is 1.33 bits per heavy atom. The summed E-state index contributed by atoms with van der Waals surface area (Å²) in [7, 11) is 0. The van der Waals surface area contributed by atoms with Gasteiger partial charge in [-0.15, -0.1) is 0 Å². The fourth-order valence-corrected chi connectivity index (χ4v) is 3.41. The van der Waals surface area contributed by atoms with E-state index in [-0.39, 0.29) is 0 Å². The van der Waals surface area contributed by atoms with Gasteiger partial charge in [0, 0.05) is 17.6 Å². The molecule has 0 aromatic carbocycles. The van der Waals surface area contributed by atoms with Crippen molar-refractivity contribution in [2.45, 2.75) is 44.7 Å². The highest BCUT2D eigenvalue weighted by Gasteiger charge is 2.38. The molecule has 2 fully saturated rings. The van der Waals surface area contributed by atoms with Crippen LogP contribution in [0.3, 0.4) is 0 Å². The summed E-state index contributed by atoms with van der Waals surface area (Å²) >= 11 is 0. The molecule has 2 nitrogen and oxygen atoms in total. The van der Waals surface area contributed by atoms with Crippen molar-refractivity contribution in [2.75, 3.05) is 6.54 Å². The smallest absolute Gasteiger partial charge is 0.0950 e. The second-order valence-electron chi connectivity index (χ2n) is 5.07. The fourth-order valence-electron chi connectivity index (χ4n) is 3.41. The first-order valence-corrected chi connectivity index (χ1v) is 6.14. The summed E-state index contributed by atoms with van der Waals surface area (Å²) in [6.45, 7) is 3.69. The van der Waals surface area contributed by atoms with Gasteiger partial charge < -0.3 is 4.42 Å². The van der Waals surface area contributed by atoms with Crippen LogP contribution in [0.15, 0.2) is 23.0 Å². The summed E-state index contributed by atoms with van der Waals surface area (Å²) in [6, 6.07) is 3.60. The van der Waals surface area contributed by atoms with E-state index in [1.54, 1.807) is 6.26 Å². The predicted molar refractivity (Wildman–Crippen MR) is 59.6 cm³/mol. The molecule has 82 valence electrons. The highest BCUT2D eigenvalue weighted by molar-refractivity contribution is 5.14. The Morgan fingerprint density at radius 2 is 2.27 bits per heavy atom. The second kappa shape index (κ2) is 3.67. The molecule has 1 aromatic rings. The third kappa shape index (κ3) is 1.51. The average Bonchev–Trinajstić information content (AvgIpc) is 2.88. The molecule has 3 heterocycles. The van der Waals surface area contributed by atoms with E-state index in [4.69, 9.17) is 4.42 Å². The number of hydrogen-bond acceptors (Lipinski definition) is 2. The lowest BCUT2D eigenvalue weighted by molar-refractivity contribution is 0.0812. The van der Waals surface area contributed by atoms with Crippen LogP contribution < -0.4 is 0 Å². The third-order valence-corrected chi connectivity index (χ3v) is 4.22. The van der Waals surface area contributed by atoms with Gasteiger partial charge in [-0.25, -0.2) is 0 Å². The van der Waals surface area contributed by atoms with Crippen molar-refractivity contribution in [2.24, 2.45) is 5.92 Å². The summed E-state index contributed by atoms with van der Waals surface area (Å²) in [5, 5.41) is 0. The topological polar surface area (TPSA) is 16.4 Å². The van der Waals surface area contributed by atoms with Crippen molar-refractivity contribution in [1.29, 1.82) is 0 Å². The molecular formula is C13H19NO. The van der Waals surface area contributed by atoms with Gasteiger partial charge in [0.25, 0.3) is 0 Å². The molecule has 0 unspecified atom stereocenters. The van der Waals surface area contributed by atoms with Gasteiger partial charge in [-0.2, -0.15) is 0 Å². The molecule has 0 aliphatic carbocycles. The molecule has 3 atom stereocenters. The van der Waals surface area contributed by atoms with E-state index in [1.165, 1.54) is 37.8 Å². The van der Waals surface area contributed by atoms with E-state index < -0.39 is 0 Å². The van der Waals surface area contributed by atoms with E-state index in [0.29, 0.717) is 6.04 Å². The Morgan fingerprint density at radius 3 is 3.07 bits per heavy atom. The summed E-state index contributed by atoms with van der Waals surface area (Å²) in [5.41, 5.74) is 1.38. The molecule has 2 aliphatic heterocycles. The summed E-state index contributed by atoms with van der Waals surface area (Å²) in [5.74, 6) is 0.885.